The Labute approximate surface area is 275 Å². The van der Waals surface area contributed by atoms with Gasteiger partial charge in [-0.05, 0) is 67.9 Å². The van der Waals surface area contributed by atoms with Gasteiger partial charge in [-0.25, -0.2) is 9.37 Å². The molecule has 4 aromatic rings. The topological polar surface area (TPSA) is 96.1 Å². The highest BCUT2D eigenvalue weighted by atomic mass is 19.1. The van der Waals surface area contributed by atoms with Gasteiger partial charge in [0, 0.05) is 51.3 Å². The molecule has 1 atom stereocenters. The standard InChI is InChI=1S/C36H43FN6O4/c1-40(35(44)28-23-32(45-2)34(47-4)33(24-28)46-3)25-27(26-11-13-29(37)14-12-26)15-20-41-17-8-18-42(22-21-41)36-39-30-9-5-6-10-31(30)43(36)19-7-16-38/h5-6,9-14,23-24,27H,7-8,15,17-22,25H2,1-4H3. The zero-order chi connectivity index (χ0) is 33.3. The van der Waals surface area contributed by atoms with Crippen molar-refractivity contribution < 1.29 is 23.4 Å². The predicted molar refractivity (Wildman–Crippen MR) is 180 cm³/mol. The van der Waals surface area contributed by atoms with Gasteiger partial charge in [0.2, 0.25) is 11.7 Å². The average molecular weight is 643 g/mol. The van der Waals surface area contributed by atoms with E-state index in [4.69, 9.17) is 19.2 Å². The van der Waals surface area contributed by atoms with Crippen LogP contribution >= 0.6 is 0 Å². The summed E-state index contributed by atoms with van der Waals surface area (Å²) in [7, 11) is 6.35. The fraction of sp³-hybridized carbons (Fsp3) is 0.417. The van der Waals surface area contributed by atoms with E-state index < -0.39 is 0 Å². The van der Waals surface area contributed by atoms with Crippen LogP contribution in [0.5, 0.6) is 17.2 Å². The first-order valence-electron chi connectivity index (χ1n) is 16.0. The Morgan fingerprint density at radius 2 is 1.70 bits per heavy atom. The van der Waals surface area contributed by atoms with Crippen molar-refractivity contribution in [3.8, 4) is 23.3 Å². The number of aryl methyl sites for hydroxylation is 1. The lowest BCUT2D eigenvalue weighted by Crippen LogP contribution is -2.35. The first kappa shape index (κ1) is 33.5. The highest BCUT2D eigenvalue weighted by Gasteiger charge is 2.25. The van der Waals surface area contributed by atoms with Crippen LogP contribution < -0.4 is 19.1 Å². The van der Waals surface area contributed by atoms with Crippen molar-refractivity contribution in [1.82, 2.24) is 19.4 Å². The fourth-order valence-electron chi connectivity index (χ4n) is 6.36. The number of carbonyl (C=O) groups is 1. The fourth-order valence-corrected chi connectivity index (χ4v) is 6.36. The molecule has 1 unspecified atom stereocenters. The number of aromatic nitrogens is 2. The van der Waals surface area contributed by atoms with E-state index in [1.54, 1.807) is 24.1 Å². The predicted octanol–water partition coefficient (Wildman–Crippen LogP) is 5.57. The summed E-state index contributed by atoms with van der Waals surface area (Å²) in [5, 5.41) is 9.26. The molecule has 1 fully saturated rings. The first-order chi connectivity index (χ1) is 22.9. The van der Waals surface area contributed by atoms with Crippen molar-refractivity contribution in [1.29, 1.82) is 5.26 Å². The second-order valence-corrected chi connectivity index (χ2v) is 11.8. The summed E-state index contributed by atoms with van der Waals surface area (Å²) in [5.74, 6) is 1.68. The summed E-state index contributed by atoms with van der Waals surface area (Å²) >= 11 is 0. The molecule has 1 aliphatic heterocycles. The minimum atomic E-state index is -0.289. The van der Waals surface area contributed by atoms with Gasteiger partial charge >= 0.3 is 0 Å². The van der Waals surface area contributed by atoms with Crippen LogP contribution in [0.25, 0.3) is 11.0 Å². The van der Waals surface area contributed by atoms with Crippen LogP contribution in [0.4, 0.5) is 10.3 Å². The van der Waals surface area contributed by atoms with E-state index in [9.17, 15) is 14.4 Å². The maximum Gasteiger partial charge on any atom is 0.253 e. The largest absolute Gasteiger partial charge is 0.493 e. The first-order valence-corrected chi connectivity index (χ1v) is 16.0. The van der Waals surface area contributed by atoms with Gasteiger partial charge < -0.3 is 33.5 Å². The third-order valence-corrected chi connectivity index (χ3v) is 8.84. The van der Waals surface area contributed by atoms with E-state index in [1.165, 1.54) is 33.5 Å². The van der Waals surface area contributed by atoms with Gasteiger partial charge in [-0.1, -0.05) is 24.3 Å². The number of benzene rings is 3. The number of amides is 1. The van der Waals surface area contributed by atoms with E-state index in [0.717, 1.165) is 68.1 Å². The normalized spacial score (nSPS) is 14.3. The maximum atomic E-state index is 13.9. The summed E-state index contributed by atoms with van der Waals surface area (Å²) in [4.78, 5) is 25.1. The quantitative estimate of drug-likeness (QED) is 0.187. The molecule has 0 aliphatic carbocycles. The number of nitriles is 1. The van der Waals surface area contributed by atoms with E-state index >= 15 is 0 Å². The molecule has 248 valence electrons. The van der Waals surface area contributed by atoms with E-state index in [2.05, 4.69) is 26.5 Å². The summed E-state index contributed by atoms with van der Waals surface area (Å²) in [5.41, 5.74) is 3.40. The van der Waals surface area contributed by atoms with Gasteiger partial charge in [0.15, 0.2) is 11.5 Å². The maximum absolute atomic E-state index is 13.9. The number of imidazole rings is 1. The molecule has 3 aromatic carbocycles. The van der Waals surface area contributed by atoms with Crippen LogP contribution in [0.2, 0.25) is 0 Å². The Hall–Kier alpha value is -4.82. The summed E-state index contributed by atoms with van der Waals surface area (Å²) in [6.45, 7) is 5.37. The minimum Gasteiger partial charge on any atom is -0.493 e. The highest BCUT2D eigenvalue weighted by molar-refractivity contribution is 5.95. The molecule has 10 nitrogen and oxygen atoms in total. The number of nitrogens with zero attached hydrogens (tertiary/aromatic N) is 6. The molecule has 1 aromatic heterocycles. The van der Waals surface area contributed by atoms with Crippen LogP contribution in [0.15, 0.2) is 60.7 Å². The molecule has 1 saturated heterocycles. The number of hydrogen-bond acceptors (Lipinski definition) is 8. The molecule has 2 heterocycles. The van der Waals surface area contributed by atoms with Gasteiger partial charge in [-0.2, -0.15) is 5.26 Å². The van der Waals surface area contributed by atoms with Crippen molar-refractivity contribution >= 4 is 22.9 Å². The van der Waals surface area contributed by atoms with Crippen molar-refractivity contribution in [3.63, 3.8) is 0 Å². The second kappa shape index (κ2) is 15.6. The van der Waals surface area contributed by atoms with Crippen molar-refractivity contribution in [2.45, 2.75) is 31.7 Å². The Morgan fingerprint density at radius 3 is 2.38 bits per heavy atom. The number of fused-ring (bicyclic) bond motifs is 1. The van der Waals surface area contributed by atoms with Crippen LogP contribution in [0.1, 0.15) is 41.1 Å². The minimum absolute atomic E-state index is 0.0128. The van der Waals surface area contributed by atoms with Gasteiger partial charge in [0.25, 0.3) is 5.91 Å². The van der Waals surface area contributed by atoms with Gasteiger partial charge in [-0.15, -0.1) is 0 Å². The Kier molecular flexibility index (Phi) is 11.2. The molecular formula is C36H43FN6O4. The molecule has 47 heavy (non-hydrogen) atoms. The summed E-state index contributed by atoms with van der Waals surface area (Å²) in [6, 6.07) is 20.2. The monoisotopic (exact) mass is 642 g/mol. The number of likely N-dealkylation sites (N-methyl/N-ethyl adjacent to an activating group) is 1. The van der Waals surface area contributed by atoms with Gasteiger partial charge in [0.1, 0.15) is 5.82 Å². The number of hydrogen-bond donors (Lipinski definition) is 0. The Balaban J connectivity index is 1.28. The molecule has 1 amide bonds. The molecule has 0 saturated carbocycles. The molecule has 11 heteroatoms. The third kappa shape index (κ3) is 7.77. The molecular weight excluding hydrogens is 599 g/mol. The van der Waals surface area contributed by atoms with Gasteiger partial charge in [0.05, 0.1) is 44.9 Å². The van der Waals surface area contributed by atoms with Crippen LogP contribution in [-0.4, -0.2) is 92.9 Å². The van der Waals surface area contributed by atoms with E-state index in [1.807, 2.05) is 30.3 Å². The molecule has 5 rings (SSSR count). The van der Waals surface area contributed by atoms with Crippen LogP contribution in [0, 0.1) is 17.1 Å². The van der Waals surface area contributed by atoms with E-state index in [-0.39, 0.29) is 17.6 Å². The second-order valence-electron chi connectivity index (χ2n) is 11.8. The Morgan fingerprint density at radius 1 is 0.979 bits per heavy atom. The SMILES string of the molecule is COc1cc(C(=O)N(C)CC(CCN2CCCN(c3nc4ccccc4n3CCC#N)CC2)c2ccc(F)cc2)cc(OC)c1OC. The molecule has 0 bridgehead atoms. The number of halogens is 1. The average Bonchev–Trinajstić information content (AvgIpc) is 3.30. The number of anilines is 1. The number of ether oxygens (including phenoxy) is 3. The smallest absolute Gasteiger partial charge is 0.253 e. The highest BCUT2D eigenvalue weighted by Crippen LogP contribution is 2.38. The lowest BCUT2D eigenvalue weighted by Gasteiger charge is -2.28. The van der Waals surface area contributed by atoms with Crippen molar-refractivity contribution in [3.05, 3.63) is 77.6 Å². The number of carbonyl (C=O) groups excluding carboxylic acids is 1. The van der Waals surface area contributed by atoms with Crippen LogP contribution in [-0.2, 0) is 6.54 Å². The lowest BCUT2D eigenvalue weighted by atomic mass is 9.94. The number of rotatable bonds is 13. The summed E-state index contributed by atoms with van der Waals surface area (Å²) in [6.07, 6.45) is 2.19. The number of para-hydroxylation sites is 2. The lowest BCUT2D eigenvalue weighted by molar-refractivity contribution is 0.0782. The van der Waals surface area contributed by atoms with E-state index in [0.29, 0.717) is 42.3 Å². The zero-order valence-electron chi connectivity index (χ0n) is 27.6. The molecule has 0 radical (unpaired) electrons. The zero-order valence-corrected chi connectivity index (χ0v) is 27.6. The third-order valence-electron chi connectivity index (χ3n) is 8.84. The molecule has 1 aliphatic rings. The molecule has 0 N–H and O–H groups in total. The molecule has 0 spiro atoms. The van der Waals surface area contributed by atoms with Crippen LogP contribution in [0.3, 0.4) is 0 Å². The number of methoxy groups -OCH3 is 3. The van der Waals surface area contributed by atoms with Crippen molar-refractivity contribution in [2.24, 2.45) is 0 Å². The Bertz CT molecular complexity index is 1680. The van der Waals surface area contributed by atoms with Gasteiger partial charge in [-0.3, -0.25) is 4.79 Å². The van der Waals surface area contributed by atoms with Crippen molar-refractivity contribution in [2.75, 3.05) is 72.5 Å². The summed E-state index contributed by atoms with van der Waals surface area (Å²) < 4.78 is 32.4.